The summed E-state index contributed by atoms with van der Waals surface area (Å²) >= 11 is 1.64. The van der Waals surface area contributed by atoms with Crippen LogP contribution in [0.3, 0.4) is 0 Å². The summed E-state index contributed by atoms with van der Waals surface area (Å²) in [6.07, 6.45) is 0.981. The van der Waals surface area contributed by atoms with Crippen molar-refractivity contribution in [3.63, 3.8) is 0 Å². The molecule has 5 aromatic rings. The Kier molecular flexibility index (Phi) is 8.98. The minimum Gasteiger partial charge on any atom is -0.423 e. The summed E-state index contributed by atoms with van der Waals surface area (Å²) in [4.78, 5) is 0. The van der Waals surface area contributed by atoms with E-state index in [0.29, 0.717) is 11.8 Å². The van der Waals surface area contributed by atoms with Gasteiger partial charge in [-0.25, -0.2) is 0 Å². The summed E-state index contributed by atoms with van der Waals surface area (Å²) < 4.78 is 9.28. The Balaban J connectivity index is 0.00000304. The van der Waals surface area contributed by atoms with Crippen LogP contribution in [0.1, 0.15) is 12.0 Å². The van der Waals surface area contributed by atoms with Crippen LogP contribution in [0.25, 0.3) is 11.4 Å². The SMILES string of the molecule is Cl.c1ccc(-n2nnnc2Oc2cccc(CNCCCSc3nnnn3-c3ccccc3)c2)cc1. The van der Waals surface area contributed by atoms with Crippen LogP contribution in [0.2, 0.25) is 0 Å². The first-order valence-electron chi connectivity index (χ1n) is 11.1. The summed E-state index contributed by atoms with van der Waals surface area (Å²) in [5, 5.41) is 28.1. The summed E-state index contributed by atoms with van der Waals surface area (Å²) in [6.45, 7) is 1.60. The van der Waals surface area contributed by atoms with Gasteiger partial charge in [0, 0.05) is 12.3 Å². The average Bonchev–Trinajstić information content (AvgIpc) is 3.57. The fourth-order valence-electron chi connectivity index (χ4n) is 3.39. The van der Waals surface area contributed by atoms with Crippen LogP contribution < -0.4 is 10.1 Å². The maximum atomic E-state index is 5.95. The van der Waals surface area contributed by atoms with Crippen LogP contribution in [0.15, 0.2) is 90.1 Å². The second-order valence-corrected chi connectivity index (χ2v) is 8.61. The zero-order valence-electron chi connectivity index (χ0n) is 19.2. The van der Waals surface area contributed by atoms with Crippen molar-refractivity contribution in [1.82, 2.24) is 45.7 Å². The Morgan fingerprint density at radius 2 is 1.47 bits per heavy atom. The molecule has 0 atom stereocenters. The molecule has 0 fully saturated rings. The van der Waals surface area contributed by atoms with Gasteiger partial charge in [0.05, 0.1) is 11.4 Å². The topological polar surface area (TPSA) is 108 Å². The van der Waals surface area contributed by atoms with Crippen molar-refractivity contribution >= 4 is 24.2 Å². The van der Waals surface area contributed by atoms with Crippen molar-refractivity contribution in [2.75, 3.05) is 12.3 Å². The van der Waals surface area contributed by atoms with Crippen molar-refractivity contribution in [2.45, 2.75) is 18.1 Å². The number of tetrazole rings is 2. The molecule has 0 aliphatic heterocycles. The molecule has 0 aliphatic carbocycles. The Bertz CT molecular complexity index is 1350. The number of hydrogen-bond acceptors (Lipinski definition) is 9. The van der Waals surface area contributed by atoms with Crippen molar-refractivity contribution in [3.8, 4) is 23.1 Å². The molecule has 36 heavy (non-hydrogen) atoms. The van der Waals surface area contributed by atoms with Crippen molar-refractivity contribution in [1.29, 1.82) is 0 Å². The molecular weight excluding hydrogens is 498 g/mol. The van der Waals surface area contributed by atoms with Crippen LogP contribution in [-0.2, 0) is 6.54 Å². The van der Waals surface area contributed by atoms with E-state index in [9.17, 15) is 0 Å². The fraction of sp³-hybridized carbons (Fsp3) is 0.167. The molecule has 184 valence electrons. The van der Waals surface area contributed by atoms with Gasteiger partial charge < -0.3 is 10.1 Å². The second kappa shape index (κ2) is 12.8. The first-order valence-corrected chi connectivity index (χ1v) is 12.1. The van der Waals surface area contributed by atoms with Gasteiger partial charge in [-0.3, -0.25) is 0 Å². The van der Waals surface area contributed by atoms with Crippen molar-refractivity contribution in [3.05, 3.63) is 90.5 Å². The van der Waals surface area contributed by atoms with E-state index in [1.54, 1.807) is 21.1 Å². The van der Waals surface area contributed by atoms with E-state index in [-0.39, 0.29) is 12.4 Å². The Morgan fingerprint density at radius 1 is 0.778 bits per heavy atom. The monoisotopic (exact) mass is 521 g/mol. The molecule has 0 saturated carbocycles. The minimum absolute atomic E-state index is 0. The number of ether oxygens (including phenoxy) is 1. The van der Waals surface area contributed by atoms with E-state index in [1.165, 1.54) is 0 Å². The molecule has 3 aromatic carbocycles. The average molecular weight is 522 g/mol. The lowest BCUT2D eigenvalue weighted by molar-refractivity contribution is 0.426. The van der Waals surface area contributed by atoms with Crippen LogP contribution in [0.4, 0.5) is 0 Å². The van der Waals surface area contributed by atoms with Crippen LogP contribution in [0, 0.1) is 0 Å². The lowest BCUT2D eigenvalue weighted by Crippen LogP contribution is -2.15. The molecule has 12 heteroatoms. The first-order chi connectivity index (χ1) is 17.4. The third kappa shape index (κ3) is 6.45. The molecule has 0 bridgehead atoms. The third-order valence-corrected chi connectivity index (χ3v) is 6.05. The molecule has 5 rings (SSSR count). The van der Waals surface area contributed by atoms with Gasteiger partial charge in [-0.2, -0.15) is 9.36 Å². The van der Waals surface area contributed by atoms with Gasteiger partial charge in [0.15, 0.2) is 0 Å². The van der Waals surface area contributed by atoms with E-state index >= 15 is 0 Å². The lowest BCUT2D eigenvalue weighted by atomic mass is 10.2. The van der Waals surface area contributed by atoms with Crippen molar-refractivity contribution < 1.29 is 4.74 Å². The van der Waals surface area contributed by atoms with Gasteiger partial charge in [-0.1, -0.05) is 65.4 Å². The smallest absolute Gasteiger partial charge is 0.345 e. The van der Waals surface area contributed by atoms with Crippen molar-refractivity contribution in [2.24, 2.45) is 0 Å². The van der Waals surface area contributed by atoms with Gasteiger partial charge in [-0.15, -0.1) is 17.5 Å². The number of para-hydroxylation sites is 2. The molecule has 0 radical (unpaired) electrons. The van der Waals surface area contributed by atoms with Crippen LogP contribution in [0.5, 0.6) is 11.8 Å². The molecule has 2 aromatic heterocycles. The number of aromatic nitrogens is 8. The largest absolute Gasteiger partial charge is 0.423 e. The Morgan fingerprint density at radius 3 is 2.25 bits per heavy atom. The molecule has 0 unspecified atom stereocenters. The highest BCUT2D eigenvalue weighted by atomic mass is 35.5. The molecule has 0 saturated heterocycles. The third-order valence-electron chi connectivity index (χ3n) is 5.05. The summed E-state index contributed by atoms with van der Waals surface area (Å²) in [7, 11) is 0. The Labute approximate surface area is 218 Å². The van der Waals surface area contributed by atoms with Gasteiger partial charge in [-0.05, 0) is 75.8 Å². The van der Waals surface area contributed by atoms with Crippen LogP contribution >= 0.6 is 24.2 Å². The molecule has 2 heterocycles. The Hall–Kier alpha value is -3.80. The highest BCUT2D eigenvalue weighted by molar-refractivity contribution is 7.99. The van der Waals surface area contributed by atoms with E-state index < -0.39 is 0 Å². The summed E-state index contributed by atoms with van der Waals surface area (Å²) in [5.74, 6) is 1.59. The molecule has 10 nitrogen and oxygen atoms in total. The maximum Gasteiger partial charge on any atom is 0.345 e. The van der Waals surface area contributed by atoms with Crippen LogP contribution in [-0.4, -0.2) is 52.7 Å². The highest BCUT2D eigenvalue weighted by Crippen LogP contribution is 2.22. The van der Waals surface area contributed by atoms with Gasteiger partial charge >= 0.3 is 6.01 Å². The number of nitrogens with one attached hydrogen (secondary N) is 1. The number of nitrogens with zero attached hydrogens (tertiary/aromatic N) is 8. The molecule has 1 N–H and O–H groups in total. The fourth-order valence-corrected chi connectivity index (χ4v) is 4.22. The van der Waals surface area contributed by atoms with E-state index in [0.717, 1.165) is 47.4 Å². The van der Waals surface area contributed by atoms with E-state index in [2.05, 4.69) is 42.4 Å². The standard InChI is InChI=1S/C24H23N9OS.ClH/c1-3-10-20(11-4-1)32-23(26-28-30-32)34-22-14-7-9-19(17-22)18-25-15-8-16-35-24-27-29-31-33(24)21-12-5-2-6-13-21;/h1-7,9-14,17,25H,8,15-16,18H2;1H. The normalized spacial score (nSPS) is 10.7. The number of benzene rings is 3. The number of rotatable bonds is 11. The predicted molar refractivity (Wildman–Crippen MR) is 139 cm³/mol. The minimum atomic E-state index is 0. The predicted octanol–water partition coefficient (Wildman–Crippen LogP) is 4.12. The van der Waals surface area contributed by atoms with Gasteiger partial charge in [0.25, 0.3) is 0 Å². The molecular formula is C24H24ClN9OS. The number of halogens is 1. The summed E-state index contributed by atoms with van der Waals surface area (Å²) in [5.41, 5.74) is 2.90. The number of hydrogen-bond donors (Lipinski definition) is 1. The van der Waals surface area contributed by atoms with Gasteiger partial charge in [0.1, 0.15) is 5.75 Å². The van der Waals surface area contributed by atoms with E-state index in [1.807, 2.05) is 78.9 Å². The zero-order chi connectivity index (χ0) is 23.7. The second-order valence-electron chi connectivity index (χ2n) is 7.55. The zero-order valence-corrected chi connectivity index (χ0v) is 20.8. The first kappa shape index (κ1) is 25.3. The maximum absolute atomic E-state index is 5.95. The quantitative estimate of drug-likeness (QED) is 0.203. The van der Waals surface area contributed by atoms with Gasteiger partial charge in [0.2, 0.25) is 5.16 Å². The molecule has 0 spiro atoms. The number of thioether (sulfide) groups is 1. The molecule has 0 amide bonds. The molecule has 0 aliphatic rings. The lowest BCUT2D eigenvalue weighted by Gasteiger charge is -2.09. The van der Waals surface area contributed by atoms with E-state index in [4.69, 9.17) is 4.74 Å². The highest BCUT2D eigenvalue weighted by Gasteiger charge is 2.11. The summed E-state index contributed by atoms with van der Waals surface area (Å²) in [6, 6.07) is 27.7.